The Balaban J connectivity index is 0.000000223. The molecule has 0 N–H and O–H groups in total. The molecule has 5 aromatic rings. The van der Waals surface area contributed by atoms with Gasteiger partial charge in [-0.3, -0.25) is 0 Å². The second kappa shape index (κ2) is 13.1. The summed E-state index contributed by atoms with van der Waals surface area (Å²) in [5.74, 6) is 0.812. The molecule has 6 heteroatoms. The van der Waals surface area contributed by atoms with Gasteiger partial charge in [-0.1, -0.05) is 56.0 Å². The van der Waals surface area contributed by atoms with Gasteiger partial charge in [-0.15, -0.1) is 35.9 Å². The molecular weight excluding hydrogens is 613 g/mol. The van der Waals surface area contributed by atoms with Gasteiger partial charge in [0.05, 0.1) is 0 Å². The number of aryl methyl sites for hydroxylation is 1. The molecule has 0 atom stereocenters. The molecule has 0 aliphatic rings. The summed E-state index contributed by atoms with van der Waals surface area (Å²) in [6, 6.07) is 31.9. The second-order valence-corrected chi connectivity index (χ2v) is 7.48. The van der Waals surface area contributed by atoms with Crippen molar-refractivity contribution in [3.63, 3.8) is 0 Å². The first-order valence-corrected chi connectivity index (χ1v) is 10.8. The Bertz CT molecular complexity index is 1300. The first-order chi connectivity index (χ1) is 16.7. The largest absolute Gasteiger partial charge is 0.508 e. The molecule has 0 saturated heterocycles. The molecule has 0 unspecified atom stereocenters. The molecule has 0 bridgehead atoms. The standard InChI is InChI=1S/C20H16NO.C9H8N3.Ir/c1-2-16-9-11-17(12-10-16)15-22-19-7-5-6-18(14-19)20-8-3-4-13-21-20;1-8-2-4-9(5-3-8)12-7-10-6-11-12;/h2-5,7-14H,1,15H2;2-4,6-7H,1H3;/q2*-1;. The molecule has 0 aliphatic heterocycles. The third-order valence-corrected chi connectivity index (χ3v) is 4.95. The van der Waals surface area contributed by atoms with E-state index in [0.717, 1.165) is 33.8 Å². The summed E-state index contributed by atoms with van der Waals surface area (Å²) < 4.78 is 7.53. The van der Waals surface area contributed by atoms with Crippen LogP contribution in [0.5, 0.6) is 5.75 Å². The van der Waals surface area contributed by atoms with Crippen molar-refractivity contribution in [2.24, 2.45) is 0 Å². The maximum atomic E-state index is 5.85. The number of aromatic nitrogens is 4. The molecule has 0 amide bonds. The third kappa shape index (κ3) is 7.57. The number of ether oxygens (including phenoxy) is 1. The number of rotatable bonds is 6. The molecule has 5 rings (SSSR count). The average Bonchev–Trinajstić information content (AvgIpc) is 3.44. The van der Waals surface area contributed by atoms with Gasteiger partial charge >= 0.3 is 0 Å². The van der Waals surface area contributed by atoms with E-state index in [-0.39, 0.29) is 20.1 Å². The molecule has 177 valence electrons. The summed E-state index contributed by atoms with van der Waals surface area (Å²) in [5, 5.41) is 3.99. The Kier molecular flexibility index (Phi) is 9.67. The van der Waals surface area contributed by atoms with Crippen LogP contribution in [0.4, 0.5) is 0 Å². The van der Waals surface area contributed by atoms with Crippen molar-refractivity contribution in [2.75, 3.05) is 0 Å². The van der Waals surface area contributed by atoms with Gasteiger partial charge in [-0.2, -0.15) is 28.9 Å². The minimum atomic E-state index is 0. The van der Waals surface area contributed by atoms with Crippen LogP contribution in [-0.4, -0.2) is 19.7 Å². The van der Waals surface area contributed by atoms with E-state index in [1.165, 1.54) is 11.9 Å². The van der Waals surface area contributed by atoms with Gasteiger partial charge in [0.2, 0.25) is 0 Å². The first kappa shape index (κ1) is 25.8. The molecule has 1 radical (unpaired) electrons. The van der Waals surface area contributed by atoms with Crippen LogP contribution < -0.4 is 4.74 Å². The van der Waals surface area contributed by atoms with E-state index in [2.05, 4.69) is 33.8 Å². The molecule has 0 fully saturated rings. The minimum Gasteiger partial charge on any atom is -0.508 e. The molecular formula is C29H24IrN4O-2. The van der Waals surface area contributed by atoms with E-state index < -0.39 is 0 Å². The van der Waals surface area contributed by atoms with Crippen LogP contribution in [0.2, 0.25) is 0 Å². The topological polar surface area (TPSA) is 52.8 Å². The van der Waals surface area contributed by atoms with Gasteiger partial charge in [-0.05, 0) is 28.6 Å². The molecule has 2 aromatic heterocycles. The van der Waals surface area contributed by atoms with Crippen molar-refractivity contribution in [1.82, 2.24) is 19.7 Å². The number of hydrogen-bond acceptors (Lipinski definition) is 4. The maximum absolute atomic E-state index is 5.85. The van der Waals surface area contributed by atoms with Crippen molar-refractivity contribution in [1.29, 1.82) is 0 Å². The predicted molar refractivity (Wildman–Crippen MR) is 134 cm³/mol. The van der Waals surface area contributed by atoms with Gasteiger partial charge in [0, 0.05) is 32.1 Å². The second-order valence-electron chi connectivity index (χ2n) is 7.48. The Morgan fingerprint density at radius 2 is 1.89 bits per heavy atom. The SMILES string of the molecule is C=Cc1ccc(COc2cc[c-]c(-c3ccccn3)c2)cc1.Cc1c[c-]c(-n2cncn2)cc1.[Ir]. The predicted octanol–water partition coefficient (Wildman–Crippen LogP) is 6.14. The zero-order chi connectivity index (χ0) is 23.6. The Hall–Kier alpha value is -3.86. The summed E-state index contributed by atoms with van der Waals surface area (Å²) in [6.45, 7) is 6.31. The van der Waals surface area contributed by atoms with Gasteiger partial charge in [-0.25, -0.2) is 9.67 Å². The fraction of sp³-hybridized carbons (Fsp3) is 0.0690. The fourth-order valence-corrected chi connectivity index (χ4v) is 3.09. The van der Waals surface area contributed by atoms with E-state index in [0.29, 0.717) is 6.61 Å². The van der Waals surface area contributed by atoms with Crippen molar-refractivity contribution in [3.05, 3.63) is 133 Å². The monoisotopic (exact) mass is 637 g/mol. The zero-order valence-corrected chi connectivity index (χ0v) is 21.7. The van der Waals surface area contributed by atoms with Crippen molar-refractivity contribution < 1.29 is 24.8 Å². The van der Waals surface area contributed by atoms with Crippen LogP contribution in [0.1, 0.15) is 16.7 Å². The van der Waals surface area contributed by atoms with Crippen LogP contribution in [-0.2, 0) is 26.7 Å². The Morgan fingerprint density at radius 3 is 2.54 bits per heavy atom. The molecule has 35 heavy (non-hydrogen) atoms. The quantitative estimate of drug-likeness (QED) is 0.210. The van der Waals surface area contributed by atoms with Crippen molar-refractivity contribution >= 4 is 6.08 Å². The van der Waals surface area contributed by atoms with Crippen molar-refractivity contribution in [3.8, 4) is 22.7 Å². The van der Waals surface area contributed by atoms with Crippen LogP contribution in [0, 0.1) is 19.1 Å². The van der Waals surface area contributed by atoms with E-state index in [4.69, 9.17) is 4.74 Å². The summed E-state index contributed by atoms with van der Waals surface area (Å²) >= 11 is 0. The first-order valence-electron chi connectivity index (χ1n) is 10.8. The van der Waals surface area contributed by atoms with Gasteiger partial charge in [0.25, 0.3) is 0 Å². The number of benzene rings is 3. The van der Waals surface area contributed by atoms with E-state index >= 15 is 0 Å². The van der Waals surface area contributed by atoms with Crippen LogP contribution >= 0.6 is 0 Å². The van der Waals surface area contributed by atoms with Crippen LogP contribution in [0.3, 0.4) is 0 Å². The van der Waals surface area contributed by atoms with E-state index in [1.54, 1.807) is 17.2 Å². The Labute approximate surface area is 219 Å². The smallest absolute Gasteiger partial charge is 0.138 e. The molecule has 0 saturated carbocycles. The molecule has 0 aliphatic carbocycles. The zero-order valence-electron chi connectivity index (χ0n) is 19.3. The fourth-order valence-electron chi connectivity index (χ4n) is 3.09. The minimum absolute atomic E-state index is 0. The molecule has 2 heterocycles. The summed E-state index contributed by atoms with van der Waals surface area (Å²) in [7, 11) is 0. The average molecular weight is 637 g/mol. The number of pyridine rings is 1. The van der Waals surface area contributed by atoms with Crippen molar-refractivity contribution in [2.45, 2.75) is 13.5 Å². The number of hydrogen-bond donors (Lipinski definition) is 0. The van der Waals surface area contributed by atoms with Gasteiger partial charge in [0.15, 0.2) is 0 Å². The van der Waals surface area contributed by atoms with Crippen LogP contribution in [0.25, 0.3) is 23.0 Å². The summed E-state index contributed by atoms with van der Waals surface area (Å²) in [4.78, 5) is 8.18. The summed E-state index contributed by atoms with van der Waals surface area (Å²) in [5.41, 5.74) is 6.16. The third-order valence-electron chi connectivity index (χ3n) is 4.95. The Morgan fingerprint density at radius 1 is 1.03 bits per heavy atom. The normalized spacial score (nSPS) is 9.86. The van der Waals surface area contributed by atoms with E-state index in [9.17, 15) is 0 Å². The van der Waals surface area contributed by atoms with Crippen LogP contribution in [0.15, 0.2) is 104 Å². The van der Waals surface area contributed by atoms with E-state index in [1.807, 2.05) is 91.9 Å². The molecule has 5 nitrogen and oxygen atoms in total. The van der Waals surface area contributed by atoms with Gasteiger partial charge in [0.1, 0.15) is 19.3 Å². The van der Waals surface area contributed by atoms with Gasteiger partial charge < -0.3 is 9.72 Å². The molecule has 0 spiro atoms. The molecule has 3 aromatic carbocycles. The summed E-state index contributed by atoms with van der Waals surface area (Å²) in [6.07, 6.45) is 6.77. The number of nitrogens with zero attached hydrogens (tertiary/aromatic N) is 4. The maximum Gasteiger partial charge on any atom is 0.138 e.